The van der Waals surface area contributed by atoms with Crippen molar-refractivity contribution in [3.05, 3.63) is 59.0 Å². The maximum atomic E-state index is 12.9. The minimum atomic E-state index is -0.412. The molecular weight excluding hydrogens is 324 g/mol. The van der Waals surface area contributed by atoms with E-state index in [0.717, 1.165) is 30.6 Å². The van der Waals surface area contributed by atoms with Gasteiger partial charge in [0.05, 0.1) is 17.7 Å². The Morgan fingerprint density at radius 3 is 2.50 bits per heavy atom. The van der Waals surface area contributed by atoms with Crippen LogP contribution in [0, 0.1) is 0 Å². The number of hydrogen-bond donors (Lipinski definition) is 1. The molecule has 0 bridgehead atoms. The van der Waals surface area contributed by atoms with Crippen molar-refractivity contribution in [2.75, 3.05) is 20.6 Å². The Labute approximate surface area is 147 Å². The second-order valence-corrected chi connectivity index (χ2v) is 7.08. The van der Waals surface area contributed by atoms with Crippen LogP contribution in [0.1, 0.15) is 36.6 Å². The second kappa shape index (κ2) is 6.99. The molecule has 1 amide bonds. The monoisotopic (exact) mass is 346 g/mol. The number of carbonyl (C=O) groups is 1. The number of rotatable bonds is 6. The molecule has 3 rings (SSSR count). The van der Waals surface area contributed by atoms with E-state index in [1.165, 1.54) is 0 Å². The summed E-state index contributed by atoms with van der Waals surface area (Å²) < 4.78 is 5.51. The van der Waals surface area contributed by atoms with Crippen molar-refractivity contribution in [1.82, 2.24) is 10.2 Å². The van der Waals surface area contributed by atoms with Gasteiger partial charge >= 0.3 is 0 Å². The molecule has 1 aliphatic carbocycles. The molecule has 2 aromatic rings. The maximum Gasteiger partial charge on any atom is 0.230 e. The minimum Gasteiger partial charge on any atom is -0.468 e. The Hall–Kier alpha value is -1.78. The van der Waals surface area contributed by atoms with E-state index in [1.807, 2.05) is 50.5 Å². The number of halogens is 1. The molecule has 1 aromatic carbocycles. The van der Waals surface area contributed by atoms with E-state index in [4.69, 9.17) is 16.0 Å². The Kier molecular flexibility index (Phi) is 4.97. The van der Waals surface area contributed by atoms with Gasteiger partial charge in [0.1, 0.15) is 5.76 Å². The highest BCUT2D eigenvalue weighted by molar-refractivity contribution is 6.30. The highest BCUT2D eigenvalue weighted by Gasteiger charge is 2.45. The van der Waals surface area contributed by atoms with Crippen molar-refractivity contribution >= 4 is 17.5 Å². The fourth-order valence-electron chi connectivity index (χ4n) is 3.32. The molecule has 1 fully saturated rings. The van der Waals surface area contributed by atoms with Gasteiger partial charge in [-0.1, -0.05) is 30.2 Å². The molecule has 1 heterocycles. The normalized spacial score (nSPS) is 17.3. The highest BCUT2D eigenvalue weighted by atomic mass is 35.5. The van der Waals surface area contributed by atoms with E-state index in [1.54, 1.807) is 6.26 Å². The molecular formula is C19H23ClN2O2. The van der Waals surface area contributed by atoms with Gasteiger partial charge in [0, 0.05) is 11.6 Å². The number of nitrogens with one attached hydrogen (secondary N) is 1. The molecule has 1 atom stereocenters. The SMILES string of the molecule is CN(C)C(CNC(=O)C1(c2ccc(Cl)cc2)CCC1)c1ccco1. The number of carbonyl (C=O) groups excluding carboxylic acids is 1. The first-order valence-electron chi connectivity index (χ1n) is 8.27. The van der Waals surface area contributed by atoms with Crippen molar-refractivity contribution in [1.29, 1.82) is 0 Å². The van der Waals surface area contributed by atoms with Crippen LogP contribution in [-0.2, 0) is 10.2 Å². The molecule has 1 aliphatic rings. The topological polar surface area (TPSA) is 45.5 Å². The van der Waals surface area contributed by atoms with Crippen LogP contribution in [0.3, 0.4) is 0 Å². The summed E-state index contributed by atoms with van der Waals surface area (Å²) in [5, 5.41) is 3.83. The predicted molar refractivity (Wildman–Crippen MR) is 95.1 cm³/mol. The molecule has 1 saturated carbocycles. The summed E-state index contributed by atoms with van der Waals surface area (Å²) >= 11 is 5.98. The van der Waals surface area contributed by atoms with Gasteiger partial charge in [0.25, 0.3) is 0 Å². The number of furan rings is 1. The third-order valence-electron chi connectivity index (χ3n) is 4.99. The number of hydrogen-bond acceptors (Lipinski definition) is 3. The van der Waals surface area contributed by atoms with Crippen LogP contribution in [0.4, 0.5) is 0 Å². The van der Waals surface area contributed by atoms with E-state index in [2.05, 4.69) is 10.2 Å². The predicted octanol–water partition coefficient (Wildman–Crippen LogP) is 3.77. The zero-order valence-corrected chi connectivity index (χ0v) is 14.8. The second-order valence-electron chi connectivity index (χ2n) is 6.65. The van der Waals surface area contributed by atoms with E-state index < -0.39 is 5.41 Å². The average Bonchev–Trinajstić information content (AvgIpc) is 3.02. The lowest BCUT2D eigenvalue weighted by atomic mass is 9.64. The number of benzene rings is 1. The molecule has 0 aliphatic heterocycles. The third kappa shape index (κ3) is 3.21. The van der Waals surface area contributed by atoms with Gasteiger partial charge in [-0.25, -0.2) is 0 Å². The first-order chi connectivity index (χ1) is 11.5. The summed E-state index contributed by atoms with van der Waals surface area (Å²) in [7, 11) is 3.97. The van der Waals surface area contributed by atoms with Crippen LogP contribution in [0.25, 0.3) is 0 Å². The first-order valence-corrected chi connectivity index (χ1v) is 8.65. The van der Waals surface area contributed by atoms with Crippen LogP contribution in [0.5, 0.6) is 0 Å². The lowest BCUT2D eigenvalue weighted by Crippen LogP contribution is -2.50. The molecule has 0 spiro atoms. The standard InChI is InChI=1S/C19H23ClN2O2/c1-22(2)16(17-5-3-12-24-17)13-21-18(23)19(10-4-11-19)14-6-8-15(20)9-7-14/h3,5-9,12,16H,4,10-11,13H2,1-2H3,(H,21,23). The largest absolute Gasteiger partial charge is 0.468 e. The van der Waals surface area contributed by atoms with Crippen molar-refractivity contribution in [2.45, 2.75) is 30.7 Å². The van der Waals surface area contributed by atoms with Gasteiger partial charge < -0.3 is 9.73 Å². The smallest absolute Gasteiger partial charge is 0.230 e. The zero-order chi connectivity index (χ0) is 17.2. The summed E-state index contributed by atoms with van der Waals surface area (Å²) in [6.07, 6.45) is 4.50. The quantitative estimate of drug-likeness (QED) is 0.865. The van der Waals surface area contributed by atoms with Gasteiger partial charge in [-0.15, -0.1) is 0 Å². The molecule has 128 valence electrons. The molecule has 1 aromatic heterocycles. The Morgan fingerprint density at radius 1 is 1.29 bits per heavy atom. The van der Waals surface area contributed by atoms with Gasteiger partial charge in [0.15, 0.2) is 0 Å². The van der Waals surface area contributed by atoms with E-state index >= 15 is 0 Å². The lowest BCUT2D eigenvalue weighted by Gasteiger charge is -2.41. The summed E-state index contributed by atoms with van der Waals surface area (Å²) in [5.41, 5.74) is 0.639. The summed E-state index contributed by atoms with van der Waals surface area (Å²) in [4.78, 5) is 15.0. The summed E-state index contributed by atoms with van der Waals surface area (Å²) in [6, 6.07) is 11.5. The molecule has 24 heavy (non-hydrogen) atoms. The van der Waals surface area contributed by atoms with Crippen LogP contribution in [0.2, 0.25) is 5.02 Å². The van der Waals surface area contributed by atoms with Crippen LogP contribution >= 0.6 is 11.6 Å². The van der Waals surface area contributed by atoms with Gasteiger partial charge in [0.2, 0.25) is 5.91 Å². The number of nitrogens with zero attached hydrogens (tertiary/aromatic N) is 1. The minimum absolute atomic E-state index is 0.0197. The summed E-state index contributed by atoms with van der Waals surface area (Å²) in [6.45, 7) is 0.523. The maximum absolute atomic E-state index is 12.9. The first kappa shape index (κ1) is 17.1. The van der Waals surface area contributed by atoms with Crippen molar-refractivity contribution in [2.24, 2.45) is 0 Å². The van der Waals surface area contributed by atoms with Gasteiger partial charge in [-0.3, -0.25) is 9.69 Å². The fraction of sp³-hybridized carbons (Fsp3) is 0.421. The lowest BCUT2D eigenvalue weighted by molar-refractivity contribution is -0.130. The molecule has 4 nitrogen and oxygen atoms in total. The zero-order valence-electron chi connectivity index (χ0n) is 14.1. The van der Waals surface area contributed by atoms with E-state index in [-0.39, 0.29) is 11.9 Å². The molecule has 0 saturated heterocycles. The fourth-order valence-corrected chi connectivity index (χ4v) is 3.45. The Balaban J connectivity index is 1.72. The van der Waals surface area contributed by atoms with Gasteiger partial charge in [-0.2, -0.15) is 0 Å². The van der Waals surface area contributed by atoms with Crippen molar-refractivity contribution < 1.29 is 9.21 Å². The van der Waals surface area contributed by atoms with Crippen molar-refractivity contribution in [3.63, 3.8) is 0 Å². The number of likely N-dealkylation sites (N-methyl/N-ethyl adjacent to an activating group) is 1. The van der Waals surface area contributed by atoms with Crippen molar-refractivity contribution in [3.8, 4) is 0 Å². The Morgan fingerprint density at radius 2 is 2.00 bits per heavy atom. The molecule has 1 N–H and O–H groups in total. The number of amides is 1. The van der Waals surface area contributed by atoms with Gasteiger partial charge in [-0.05, 0) is 56.8 Å². The van der Waals surface area contributed by atoms with E-state index in [9.17, 15) is 4.79 Å². The van der Waals surface area contributed by atoms with Crippen LogP contribution in [-0.4, -0.2) is 31.4 Å². The van der Waals surface area contributed by atoms with Crippen LogP contribution in [0.15, 0.2) is 47.1 Å². The molecule has 5 heteroatoms. The highest BCUT2D eigenvalue weighted by Crippen LogP contribution is 2.44. The summed E-state index contributed by atoms with van der Waals surface area (Å²) in [5.74, 6) is 0.948. The molecule has 0 radical (unpaired) electrons. The van der Waals surface area contributed by atoms with Crippen LogP contribution < -0.4 is 5.32 Å². The molecule has 1 unspecified atom stereocenters. The third-order valence-corrected chi connectivity index (χ3v) is 5.24. The average molecular weight is 347 g/mol. The Bertz CT molecular complexity index is 676. The van der Waals surface area contributed by atoms with E-state index in [0.29, 0.717) is 11.6 Å².